The number of hydrogen-bond acceptors (Lipinski definition) is 4. The topological polar surface area (TPSA) is 93.5 Å². The van der Waals surface area contributed by atoms with Crippen molar-refractivity contribution in [2.45, 2.75) is 6.42 Å². The molecule has 1 aromatic rings. The Morgan fingerprint density at radius 1 is 1.30 bits per heavy atom. The highest BCUT2D eigenvalue weighted by Crippen LogP contribution is 2.10. The number of hydrazone groups is 1. The minimum Gasteiger partial charge on any atom is -0.328 e. The van der Waals surface area contributed by atoms with E-state index in [1.807, 2.05) is 0 Å². The van der Waals surface area contributed by atoms with Crippen LogP contribution in [0.3, 0.4) is 0 Å². The van der Waals surface area contributed by atoms with Gasteiger partial charge in [0.15, 0.2) is 0 Å². The van der Waals surface area contributed by atoms with Crippen molar-refractivity contribution in [3.05, 3.63) is 39.9 Å². The average Bonchev–Trinajstić information content (AvgIpc) is 2.55. The predicted octanol–water partition coefficient (Wildman–Crippen LogP) is -2.15. The van der Waals surface area contributed by atoms with Crippen LogP contribution in [0.15, 0.2) is 29.4 Å². The van der Waals surface area contributed by atoms with Crippen molar-refractivity contribution in [3.63, 3.8) is 0 Å². The van der Waals surface area contributed by atoms with E-state index in [9.17, 15) is 14.9 Å². The summed E-state index contributed by atoms with van der Waals surface area (Å²) in [4.78, 5) is 24.9. The zero-order valence-corrected chi connectivity index (χ0v) is 13.2. The molecule has 8 heteroatoms. The van der Waals surface area contributed by atoms with E-state index < -0.39 is 4.92 Å². The third-order valence-corrected chi connectivity index (χ3v) is 4.02. The first-order valence-corrected chi connectivity index (χ1v) is 7.76. The molecule has 8 nitrogen and oxygen atoms in total. The number of benzene rings is 1. The Morgan fingerprint density at radius 2 is 1.96 bits per heavy atom. The zero-order valence-electron chi connectivity index (χ0n) is 13.2. The van der Waals surface area contributed by atoms with Gasteiger partial charge in [0.2, 0.25) is 5.91 Å². The van der Waals surface area contributed by atoms with Gasteiger partial charge >= 0.3 is 0 Å². The second-order valence-corrected chi connectivity index (χ2v) is 5.85. The van der Waals surface area contributed by atoms with E-state index in [0.29, 0.717) is 12.0 Å². The molecule has 1 amide bonds. The second-order valence-electron chi connectivity index (χ2n) is 5.85. The van der Waals surface area contributed by atoms with Gasteiger partial charge in [-0.05, 0) is 17.7 Å². The normalized spacial score (nSPS) is 21.3. The lowest BCUT2D eigenvalue weighted by Crippen LogP contribution is -3.27. The van der Waals surface area contributed by atoms with Gasteiger partial charge in [-0.1, -0.05) is 0 Å². The van der Waals surface area contributed by atoms with Crippen molar-refractivity contribution >= 4 is 17.8 Å². The van der Waals surface area contributed by atoms with E-state index in [2.05, 4.69) is 17.6 Å². The molecule has 1 fully saturated rings. The highest BCUT2D eigenvalue weighted by Gasteiger charge is 2.20. The van der Waals surface area contributed by atoms with E-state index in [1.54, 1.807) is 17.0 Å². The highest BCUT2D eigenvalue weighted by atomic mass is 16.6. The number of nitro groups is 1. The summed E-state index contributed by atoms with van der Waals surface area (Å²) >= 11 is 0. The minimum absolute atomic E-state index is 0.0307. The van der Waals surface area contributed by atoms with Crippen molar-refractivity contribution < 1.29 is 19.5 Å². The molecule has 3 N–H and O–H groups in total. The summed E-state index contributed by atoms with van der Waals surface area (Å²) in [7, 11) is 2.19. The van der Waals surface area contributed by atoms with Crippen LogP contribution < -0.4 is 15.2 Å². The molecule has 0 bridgehead atoms. The summed E-state index contributed by atoms with van der Waals surface area (Å²) < 4.78 is 0. The average molecular weight is 321 g/mol. The van der Waals surface area contributed by atoms with Gasteiger partial charge in [0.1, 0.15) is 26.2 Å². The molecule has 0 spiro atoms. The largest absolute Gasteiger partial charge is 0.328 e. The number of carbonyl (C=O) groups excluding carboxylic acids is 1. The van der Waals surface area contributed by atoms with Crippen molar-refractivity contribution in [2.75, 3.05) is 39.8 Å². The maximum absolute atomic E-state index is 11.8. The van der Waals surface area contributed by atoms with Crippen LogP contribution in [0.5, 0.6) is 0 Å². The van der Waals surface area contributed by atoms with Crippen molar-refractivity contribution in [3.8, 4) is 0 Å². The number of nitrogens with zero attached hydrogens (tertiary/aromatic N) is 2. The van der Waals surface area contributed by atoms with Crippen LogP contribution in [0, 0.1) is 10.1 Å². The van der Waals surface area contributed by atoms with Crippen molar-refractivity contribution in [1.82, 2.24) is 5.43 Å². The molecule has 1 aliphatic rings. The molecule has 1 heterocycles. The third-order valence-electron chi connectivity index (χ3n) is 4.02. The Labute approximate surface area is 134 Å². The summed E-state index contributed by atoms with van der Waals surface area (Å²) in [6.07, 6.45) is 1.93. The number of nitrogens with one attached hydrogen (secondary N) is 3. The number of likely N-dealkylation sites (N-methyl/N-ethyl adjacent to an activating group) is 1. The molecule has 1 aliphatic heterocycles. The third kappa shape index (κ3) is 5.76. The summed E-state index contributed by atoms with van der Waals surface area (Å²) in [5.74, 6) is -0.109. The molecule has 1 aromatic carbocycles. The fourth-order valence-electron chi connectivity index (χ4n) is 2.49. The summed E-state index contributed by atoms with van der Waals surface area (Å²) in [6.45, 7) is 5.33. The number of rotatable bonds is 6. The molecule has 2 rings (SSSR count). The lowest BCUT2D eigenvalue weighted by molar-refractivity contribution is -1.00. The lowest BCUT2D eigenvalue weighted by Gasteiger charge is -2.26. The van der Waals surface area contributed by atoms with E-state index in [0.717, 1.165) is 32.7 Å². The second kappa shape index (κ2) is 8.35. The fraction of sp³-hybridized carbons (Fsp3) is 0.467. The molecule has 0 aromatic heterocycles. The van der Waals surface area contributed by atoms with Crippen LogP contribution in [0.1, 0.15) is 12.0 Å². The zero-order chi connectivity index (χ0) is 16.7. The van der Waals surface area contributed by atoms with Crippen LogP contribution >= 0.6 is 0 Å². The smallest absolute Gasteiger partial charge is 0.269 e. The molecule has 23 heavy (non-hydrogen) atoms. The van der Waals surface area contributed by atoms with E-state index in [1.165, 1.54) is 23.2 Å². The Bertz CT molecular complexity index is 565. The molecule has 0 atom stereocenters. The van der Waals surface area contributed by atoms with Gasteiger partial charge in [0, 0.05) is 12.1 Å². The first-order chi connectivity index (χ1) is 11.0. The Hall–Kier alpha value is -2.32. The van der Waals surface area contributed by atoms with Gasteiger partial charge in [-0.2, -0.15) is 5.10 Å². The van der Waals surface area contributed by atoms with Crippen LogP contribution in [-0.4, -0.2) is 56.8 Å². The molecule has 0 radical (unpaired) electrons. The number of non-ortho nitro benzene ring substituents is 1. The van der Waals surface area contributed by atoms with Crippen molar-refractivity contribution in [1.29, 1.82) is 0 Å². The summed E-state index contributed by atoms with van der Waals surface area (Å²) in [5, 5.41) is 14.4. The monoisotopic (exact) mass is 321 g/mol. The van der Waals surface area contributed by atoms with Gasteiger partial charge in [0.05, 0.1) is 31.2 Å². The lowest BCUT2D eigenvalue weighted by atomic mass is 10.2. The summed E-state index contributed by atoms with van der Waals surface area (Å²) in [6, 6.07) is 5.98. The van der Waals surface area contributed by atoms with Crippen LogP contribution in [0.25, 0.3) is 0 Å². The maximum atomic E-state index is 11.8. The number of quaternary nitrogens is 2. The highest BCUT2D eigenvalue weighted by molar-refractivity contribution is 5.82. The number of piperazine rings is 1. The molecule has 124 valence electrons. The first kappa shape index (κ1) is 17.0. The minimum atomic E-state index is -0.453. The van der Waals surface area contributed by atoms with Crippen LogP contribution in [-0.2, 0) is 4.79 Å². The Balaban J connectivity index is 1.70. The van der Waals surface area contributed by atoms with E-state index in [-0.39, 0.29) is 11.6 Å². The van der Waals surface area contributed by atoms with Gasteiger partial charge in [-0.15, -0.1) is 0 Å². The molecular formula is C15H23N5O3+2. The molecular weight excluding hydrogens is 298 g/mol. The Kier molecular flexibility index (Phi) is 6.19. The number of amides is 1. The Morgan fingerprint density at radius 3 is 2.57 bits per heavy atom. The van der Waals surface area contributed by atoms with Gasteiger partial charge in [0.25, 0.3) is 5.69 Å². The fourth-order valence-corrected chi connectivity index (χ4v) is 2.49. The van der Waals surface area contributed by atoms with Gasteiger partial charge in [-0.25, -0.2) is 5.43 Å². The van der Waals surface area contributed by atoms with E-state index in [4.69, 9.17) is 0 Å². The number of carbonyl (C=O) groups is 1. The van der Waals surface area contributed by atoms with Gasteiger partial charge < -0.3 is 9.80 Å². The molecule has 0 aliphatic carbocycles. The van der Waals surface area contributed by atoms with Gasteiger partial charge in [-0.3, -0.25) is 14.9 Å². The predicted molar refractivity (Wildman–Crippen MR) is 85.6 cm³/mol. The molecule has 0 unspecified atom stereocenters. The maximum Gasteiger partial charge on any atom is 0.269 e. The SMILES string of the molecule is C[NH+]1CC[NH+](CCC(=O)N/N=C\c2ccc([N+](=O)[O-])cc2)CC1. The molecule has 1 saturated heterocycles. The summed E-state index contributed by atoms with van der Waals surface area (Å²) in [5.41, 5.74) is 3.22. The van der Waals surface area contributed by atoms with E-state index >= 15 is 0 Å². The quantitative estimate of drug-likeness (QED) is 0.317. The first-order valence-electron chi connectivity index (χ1n) is 7.76. The standard InChI is InChI=1S/C15H21N5O3/c1-18-8-10-19(11-9-18)7-6-15(21)17-16-12-13-2-4-14(5-3-13)20(22)23/h2-5,12H,6-11H2,1H3,(H,17,21)/p+2/b16-12-. The number of nitro benzene ring substituents is 1. The molecule has 0 saturated carbocycles. The van der Waals surface area contributed by atoms with Crippen LogP contribution in [0.2, 0.25) is 0 Å². The number of hydrogen-bond donors (Lipinski definition) is 3. The van der Waals surface area contributed by atoms with Crippen LogP contribution in [0.4, 0.5) is 5.69 Å². The van der Waals surface area contributed by atoms with Crippen molar-refractivity contribution in [2.24, 2.45) is 5.10 Å².